The van der Waals surface area contributed by atoms with E-state index in [0.29, 0.717) is 22.6 Å². The molecule has 3 aromatic rings. The first-order valence-electron chi connectivity index (χ1n) is 13.1. The van der Waals surface area contributed by atoms with E-state index in [1.807, 2.05) is 0 Å². The topological polar surface area (TPSA) is 193 Å². The van der Waals surface area contributed by atoms with Gasteiger partial charge < -0.3 is 19.4 Å². The number of non-ortho nitro benzene ring substituents is 1. The van der Waals surface area contributed by atoms with Crippen LogP contribution in [0.25, 0.3) is 10.2 Å². The van der Waals surface area contributed by atoms with Crippen LogP contribution in [0.1, 0.15) is 41.1 Å². The predicted molar refractivity (Wildman–Crippen MR) is 158 cm³/mol. The summed E-state index contributed by atoms with van der Waals surface area (Å²) >= 11 is 2.05. The summed E-state index contributed by atoms with van der Waals surface area (Å²) in [6, 6.07) is 3.86. The van der Waals surface area contributed by atoms with Gasteiger partial charge in [-0.25, -0.2) is 13.2 Å². The van der Waals surface area contributed by atoms with E-state index in [9.17, 15) is 37.7 Å². The van der Waals surface area contributed by atoms with Gasteiger partial charge in [0.2, 0.25) is 5.91 Å². The van der Waals surface area contributed by atoms with E-state index in [1.54, 1.807) is 6.92 Å². The molecule has 1 aliphatic rings. The maximum Gasteiger partial charge on any atom is 0.341 e. The lowest BCUT2D eigenvalue weighted by molar-refractivity contribution is -0.384. The molecule has 230 valence electrons. The summed E-state index contributed by atoms with van der Waals surface area (Å²) in [6.07, 6.45) is 2.20. The van der Waals surface area contributed by atoms with Crippen LogP contribution in [-0.2, 0) is 53.1 Å². The molecule has 2 amide bonds. The van der Waals surface area contributed by atoms with Crippen LogP contribution >= 0.6 is 22.7 Å². The molecule has 0 spiro atoms. The van der Waals surface area contributed by atoms with Gasteiger partial charge in [0, 0.05) is 17.0 Å². The maximum absolute atomic E-state index is 12.8. The first-order valence-corrected chi connectivity index (χ1v) is 16.5. The summed E-state index contributed by atoms with van der Waals surface area (Å²) in [4.78, 5) is 65.5. The molecule has 2 aromatic heterocycles. The highest BCUT2D eigenvalue weighted by atomic mass is 32.2. The lowest BCUT2D eigenvalue weighted by atomic mass is 9.88. The molecule has 1 atom stereocenters. The number of carbonyl (C=O) groups is 4. The number of esters is 2. The van der Waals surface area contributed by atoms with Crippen LogP contribution in [0.15, 0.2) is 23.2 Å². The van der Waals surface area contributed by atoms with Crippen molar-refractivity contribution in [3.8, 4) is 0 Å². The fraction of sp³-hybridized carbons (Fsp3) is 0.423. The second-order valence-electron chi connectivity index (χ2n) is 9.82. The summed E-state index contributed by atoms with van der Waals surface area (Å²) in [6.45, 7) is 3.40. The van der Waals surface area contributed by atoms with E-state index < -0.39 is 50.0 Å². The van der Waals surface area contributed by atoms with E-state index in [-0.39, 0.29) is 34.2 Å². The van der Waals surface area contributed by atoms with Crippen LogP contribution in [0, 0.1) is 16.0 Å². The summed E-state index contributed by atoms with van der Waals surface area (Å²) in [5.74, 6) is -5.11. The van der Waals surface area contributed by atoms with Gasteiger partial charge in [0.1, 0.15) is 23.1 Å². The van der Waals surface area contributed by atoms with Crippen molar-refractivity contribution < 1.29 is 42.0 Å². The van der Waals surface area contributed by atoms with Crippen molar-refractivity contribution in [2.45, 2.75) is 39.7 Å². The van der Waals surface area contributed by atoms with Crippen molar-refractivity contribution in [1.29, 1.82) is 0 Å². The molecule has 4 rings (SSSR count). The Kier molecular flexibility index (Phi) is 9.76. The van der Waals surface area contributed by atoms with Crippen LogP contribution in [0.5, 0.6) is 0 Å². The number of anilines is 1. The van der Waals surface area contributed by atoms with Gasteiger partial charge in [0.05, 0.1) is 34.4 Å². The number of benzene rings is 1. The van der Waals surface area contributed by atoms with Gasteiger partial charge in [-0.1, -0.05) is 18.3 Å². The molecule has 0 radical (unpaired) electrons. The first kappa shape index (κ1) is 32.0. The molecule has 0 bridgehead atoms. The van der Waals surface area contributed by atoms with Crippen LogP contribution in [0.2, 0.25) is 0 Å². The number of fused-ring (bicyclic) bond motifs is 2. The van der Waals surface area contributed by atoms with Gasteiger partial charge >= 0.3 is 11.9 Å². The van der Waals surface area contributed by atoms with Crippen molar-refractivity contribution in [3.05, 3.63) is 49.1 Å². The Morgan fingerprint density at radius 2 is 1.95 bits per heavy atom. The zero-order valence-corrected chi connectivity index (χ0v) is 25.9. The molecular formula is C26H28N4O10S3. The number of nitrogens with one attached hydrogen (secondary N) is 1. The van der Waals surface area contributed by atoms with Crippen molar-refractivity contribution in [1.82, 2.24) is 4.57 Å². The fourth-order valence-corrected chi connectivity index (χ4v) is 8.16. The highest BCUT2D eigenvalue weighted by Gasteiger charge is 2.30. The highest BCUT2D eigenvalue weighted by molar-refractivity contribution is 7.92. The lowest BCUT2D eigenvalue weighted by Crippen LogP contribution is -2.29. The number of hydrogen-bond donors (Lipinski definition) is 1. The van der Waals surface area contributed by atoms with Gasteiger partial charge in [-0.15, -0.1) is 11.3 Å². The molecule has 0 saturated carbocycles. The standard InChI is InChI=1S/C26H28N4O10S3/c1-4-40-22(33)11-29-17-8-6-15(30(35)36)10-19(17)42-26(29)28-21(32)13-43(37,38)12-20(31)27-24-23(25(34)39-3)16-7-5-14(2)9-18(16)41-24/h6,8,10,14H,4-5,7,9,11-13H2,1-3H3,(H,27,31). The number of rotatable bonds is 10. The Bertz CT molecular complexity index is 1800. The summed E-state index contributed by atoms with van der Waals surface area (Å²) in [5.41, 5.74) is 1.13. The van der Waals surface area contributed by atoms with Gasteiger partial charge in [-0.3, -0.25) is 24.5 Å². The lowest BCUT2D eigenvalue weighted by Gasteiger charge is -2.18. The smallest absolute Gasteiger partial charge is 0.341 e. The van der Waals surface area contributed by atoms with E-state index in [1.165, 1.54) is 41.2 Å². The third-order valence-electron chi connectivity index (χ3n) is 6.54. The number of aromatic nitrogens is 1. The average Bonchev–Trinajstić information content (AvgIpc) is 3.43. The third-order valence-corrected chi connectivity index (χ3v) is 10.1. The molecule has 1 aromatic carbocycles. The fourth-order valence-electron chi connectivity index (χ4n) is 4.65. The van der Waals surface area contributed by atoms with Crippen LogP contribution in [0.4, 0.5) is 10.7 Å². The Morgan fingerprint density at radius 3 is 2.63 bits per heavy atom. The molecule has 17 heteroatoms. The minimum Gasteiger partial charge on any atom is -0.465 e. The molecule has 1 unspecified atom stereocenters. The summed E-state index contributed by atoms with van der Waals surface area (Å²) < 4.78 is 37.1. The number of amides is 2. The number of ether oxygens (including phenoxy) is 2. The van der Waals surface area contributed by atoms with Crippen molar-refractivity contribution >= 4 is 77.2 Å². The maximum atomic E-state index is 12.8. The Morgan fingerprint density at radius 1 is 1.21 bits per heavy atom. The second kappa shape index (κ2) is 13.1. The second-order valence-corrected chi connectivity index (χ2v) is 14.0. The van der Waals surface area contributed by atoms with Crippen LogP contribution < -0.4 is 10.1 Å². The largest absolute Gasteiger partial charge is 0.465 e. The number of nitrogens with zero attached hydrogens (tertiary/aromatic N) is 3. The number of nitro groups is 1. The molecule has 0 aliphatic heterocycles. The Hall–Kier alpha value is -3.96. The van der Waals surface area contributed by atoms with E-state index in [4.69, 9.17) is 9.47 Å². The van der Waals surface area contributed by atoms with Gasteiger partial charge in [0.15, 0.2) is 14.6 Å². The molecular weight excluding hydrogens is 625 g/mol. The van der Waals surface area contributed by atoms with Crippen LogP contribution in [0.3, 0.4) is 0 Å². The highest BCUT2D eigenvalue weighted by Crippen LogP contribution is 2.40. The van der Waals surface area contributed by atoms with Gasteiger partial charge in [-0.2, -0.15) is 4.99 Å². The van der Waals surface area contributed by atoms with Crippen molar-refractivity contribution in [2.24, 2.45) is 10.9 Å². The molecule has 43 heavy (non-hydrogen) atoms. The minimum absolute atomic E-state index is 0.0747. The Balaban J connectivity index is 1.55. The zero-order valence-electron chi connectivity index (χ0n) is 23.4. The quantitative estimate of drug-likeness (QED) is 0.193. The number of thiazole rings is 1. The molecule has 0 saturated heterocycles. The zero-order chi connectivity index (χ0) is 31.5. The number of thiophene rings is 1. The molecule has 1 N–H and O–H groups in total. The van der Waals surface area contributed by atoms with Gasteiger partial charge in [0.25, 0.3) is 11.6 Å². The van der Waals surface area contributed by atoms with Crippen LogP contribution in [-0.4, -0.2) is 66.9 Å². The minimum atomic E-state index is -4.31. The number of hydrogen-bond acceptors (Lipinski definition) is 12. The monoisotopic (exact) mass is 652 g/mol. The van der Waals surface area contributed by atoms with Crippen molar-refractivity contribution in [3.63, 3.8) is 0 Å². The number of carbonyl (C=O) groups excluding carboxylic acids is 4. The molecule has 14 nitrogen and oxygen atoms in total. The SMILES string of the molecule is CCOC(=O)Cn1c(=NC(=O)CS(=O)(=O)CC(=O)Nc2sc3c(c2C(=O)OC)CCC(C)C3)sc2cc([N+](=O)[O-])ccc21. The normalized spacial score (nSPS) is 15.1. The van der Waals surface area contributed by atoms with E-state index >= 15 is 0 Å². The third kappa shape index (κ3) is 7.52. The predicted octanol–water partition coefficient (Wildman–Crippen LogP) is 2.63. The molecule has 1 aliphatic carbocycles. The molecule has 0 fully saturated rings. The summed E-state index contributed by atoms with van der Waals surface area (Å²) in [7, 11) is -3.10. The first-order chi connectivity index (χ1) is 20.3. The molecule has 2 heterocycles. The van der Waals surface area contributed by atoms with E-state index in [0.717, 1.165) is 34.6 Å². The summed E-state index contributed by atoms with van der Waals surface area (Å²) in [5, 5.41) is 13.9. The number of nitro benzene ring substituents is 1. The number of methoxy groups -OCH3 is 1. The average molecular weight is 653 g/mol. The number of sulfone groups is 1. The van der Waals surface area contributed by atoms with Gasteiger partial charge in [-0.05, 0) is 43.7 Å². The van der Waals surface area contributed by atoms with E-state index in [2.05, 4.69) is 17.2 Å². The van der Waals surface area contributed by atoms with Crippen molar-refractivity contribution in [2.75, 3.05) is 30.5 Å². The Labute approximate surface area is 253 Å².